The largest absolute Gasteiger partial charge is 0.371 e. The number of unbranched alkanes of at least 4 members (excludes halogenated alkanes) is 4. The van der Waals surface area contributed by atoms with E-state index in [4.69, 9.17) is 18.7 Å². The average molecular weight is 741 g/mol. The Morgan fingerprint density at radius 3 is 2.00 bits per heavy atom. The van der Waals surface area contributed by atoms with Gasteiger partial charge in [0.2, 0.25) is 0 Å². The van der Waals surface area contributed by atoms with Crippen LogP contribution in [0.4, 0.5) is 5.69 Å². The number of rotatable bonds is 10. The number of fused-ring (bicyclic) bond motifs is 10. The monoisotopic (exact) mass is 740 g/mol. The van der Waals surface area contributed by atoms with Crippen molar-refractivity contribution >= 4 is 72.1 Å². The molecule has 0 saturated carbocycles. The summed E-state index contributed by atoms with van der Waals surface area (Å²) in [7, 11) is 0. The van der Waals surface area contributed by atoms with E-state index in [-0.39, 0.29) is 0 Å². The van der Waals surface area contributed by atoms with E-state index >= 15 is 0 Å². The Labute approximate surface area is 327 Å². The predicted octanol–water partition coefficient (Wildman–Crippen LogP) is 11.8. The van der Waals surface area contributed by atoms with Gasteiger partial charge in [-0.3, -0.25) is 4.90 Å². The second-order valence-corrected chi connectivity index (χ2v) is 16.3. The SMILES string of the molecule is CCCCCN1CCc2ccc(-c3c4nc5c6ccccc6c6ccccc6c5nc4c(-c4ccc5c(c4)CCCN5CCCCC)c4n[s+][n-]c34)cc2C1. The number of benzene rings is 6. The van der Waals surface area contributed by atoms with Gasteiger partial charge in [-0.1, -0.05) is 106 Å². The molecule has 0 aliphatic carbocycles. The first-order valence-electron chi connectivity index (χ1n) is 20.6. The smallest absolute Gasteiger partial charge is 0.279 e. The second kappa shape index (κ2) is 14.6. The molecule has 0 amide bonds. The molecule has 7 heteroatoms. The molecular weight excluding hydrogens is 693 g/mol. The lowest BCUT2D eigenvalue weighted by molar-refractivity contribution is 0.249. The molecule has 0 spiro atoms. The number of aromatic nitrogens is 4. The van der Waals surface area contributed by atoms with E-state index in [0.29, 0.717) is 0 Å². The Balaban J connectivity index is 1.23. The third-order valence-corrected chi connectivity index (χ3v) is 12.8. The van der Waals surface area contributed by atoms with Crippen LogP contribution in [0.1, 0.15) is 75.5 Å². The van der Waals surface area contributed by atoms with Crippen molar-refractivity contribution in [3.8, 4) is 22.3 Å². The number of nitrogens with zero attached hydrogens (tertiary/aromatic N) is 6. The lowest BCUT2D eigenvalue weighted by Gasteiger charge is -2.32. The molecule has 2 aromatic heterocycles. The fourth-order valence-electron chi connectivity index (χ4n) is 9.46. The summed E-state index contributed by atoms with van der Waals surface area (Å²) in [5, 5.41) is 4.65. The van der Waals surface area contributed by atoms with Gasteiger partial charge in [-0.15, -0.1) is 0 Å². The summed E-state index contributed by atoms with van der Waals surface area (Å²) < 4.78 is 10.2. The Morgan fingerprint density at radius 1 is 0.600 bits per heavy atom. The first-order chi connectivity index (χ1) is 27.2. The fourth-order valence-corrected chi connectivity index (χ4v) is 10.0. The van der Waals surface area contributed by atoms with Crippen LogP contribution in [-0.2, 0) is 19.4 Å². The topological polar surface area (TPSA) is 59.3 Å². The van der Waals surface area contributed by atoms with Gasteiger partial charge in [-0.2, -0.15) is 8.75 Å². The molecule has 10 rings (SSSR count). The predicted molar refractivity (Wildman–Crippen MR) is 232 cm³/mol. The van der Waals surface area contributed by atoms with Crippen molar-refractivity contribution in [1.29, 1.82) is 0 Å². The van der Waals surface area contributed by atoms with E-state index < -0.39 is 0 Å². The zero-order valence-corrected chi connectivity index (χ0v) is 32.9. The molecule has 0 bridgehead atoms. The molecular formula is C48H48N6S. The Kier molecular flexibility index (Phi) is 9.15. The van der Waals surface area contributed by atoms with E-state index in [2.05, 4.69) is 109 Å². The van der Waals surface area contributed by atoms with Crippen LogP contribution in [0.3, 0.4) is 0 Å². The van der Waals surface area contributed by atoms with Crippen molar-refractivity contribution in [2.75, 3.05) is 31.1 Å². The summed E-state index contributed by atoms with van der Waals surface area (Å²) in [6.07, 6.45) is 10.9. The molecule has 0 N–H and O–H groups in total. The van der Waals surface area contributed by atoms with E-state index in [1.54, 1.807) is 0 Å². The molecule has 2 aliphatic rings. The van der Waals surface area contributed by atoms with E-state index in [0.717, 1.165) is 112 Å². The van der Waals surface area contributed by atoms with Crippen molar-refractivity contribution in [3.05, 3.63) is 102 Å². The molecule has 0 fully saturated rings. The van der Waals surface area contributed by atoms with Crippen molar-refractivity contribution in [3.63, 3.8) is 0 Å². The number of aryl methyl sites for hydroxylation is 1. The molecule has 276 valence electrons. The maximum absolute atomic E-state index is 5.72. The van der Waals surface area contributed by atoms with Crippen molar-refractivity contribution < 1.29 is 0 Å². The van der Waals surface area contributed by atoms with Crippen molar-refractivity contribution in [1.82, 2.24) is 23.6 Å². The Bertz CT molecular complexity index is 2730. The van der Waals surface area contributed by atoms with E-state index in [1.165, 1.54) is 89.8 Å². The maximum atomic E-state index is 5.72. The highest BCUT2D eigenvalue weighted by molar-refractivity contribution is 7.00. The third-order valence-electron chi connectivity index (χ3n) is 12.3. The van der Waals surface area contributed by atoms with Crippen LogP contribution in [0, 0.1) is 0 Å². The molecule has 4 heterocycles. The Morgan fingerprint density at radius 2 is 1.25 bits per heavy atom. The summed E-state index contributed by atoms with van der Waals surface area (Å²) in [6.45, 7) is 10.1. The standard InChI is InChI=1S/C48H48N6S/c1-3-5-11-24-53-27-23-31-19-20-33(29-35(31)30-53)41-45-46(50-44-39-18-10-8-16-37(39)36-15-7-9-17-38(36)43(44)49-45)42(48-47(41)51-55-52-48)34-21-22-40-32(28-34)14-13-26-54(40)25-12-6-4-2/h7-10,15-22,28-29H,3-6,11-14,23-27,30H2,1-2H3. The summed E-state index contributed by atoms with van der Waals surface area (Å²) in [5.41, 5.74) is 15.5. The van der Waals surface area contributed by atoms with Gasteiger partial charge in [-0.05, 0) is 95.4 Å². The minimum absolute atomic E-state index is 0.901. The van der Waals surface area contributed by atoms with Crippen LogP contribution >= 0.6 is 11.7 Å². The minimum atomic E-state index is 0.901. The highest BCUT2D eigenvalue weighted by Crippen LogP contribution is 2.45. The molecule has 55 heavy (non-hydrogen) atoms. The number of hydrogen-bond donors (Lipinski definition) is 0. The highest BCUT2D eigenvalue weighted by Gasteiger charge is 2.25. The van der Waals surface area contributed by atoms with Crippen LogP contribution in [0.15, 0.2) is 84.9 Å². The molecule has 0 atom stereocenters. The summed E-state index contributed by atoms with van der Waals surface area (Å²) in [5.74, 6) is 0. The first kappa shape index (κ1) is 34.5. The fraction of sp³-hybridized carbons (Fsp3) is 0.333. The van der Waals surface area contributed by atoms with Crippen LogP contribution in [0.2, 0.25) is 0 Å². The normalized spacial score (nSPS) is 14.8. The quantitative estimate of drug-likeness (QED) is 0.0602. The lowest BCUT2D eigenvalue weighted by Crippen LogP contribution is -2.31. The van der Waals surface area contributed by atoms with Gasteiger partial charge >= 0.3 is 0 Å². The van der Waals surface area contributed by atoms with Crippen LogP contribution in [0.25, 0.3) is 76.9 Å². The van der Waals surface area contributed by atoms with Gasteiger partial charge in [0, 0.05) is 64.8 Å². The van der Waals surface area contributed by atoms with Gasteiger partial charge in [0.15, 0.2) is 0 Å². The Hall–Kier alpha value is -4.98. The molecule has 8 aromatic rings. The molecule has 6 aromatic carbocycles. The zero-order chi connectivity index (χ0) is 36.9. The molecule has 6 nitrogen and oxygen atoms in total. The minimum Gasteiger partial charge on any atom is -0.371 e. The summed E-state index contributed by atoms with van der Waals surface area (Å²) in [4.78, 5) is 16.7. The zero-order valence-electron chi connectivity index (χ0n) is 32.1. The van der Waals surface area contributed by atoms with Crippen LogP contribution < -0.4 is 9.27 Å². The van der Waals surface area contributed by atoms with Crippen molar-refractivity contribution in [2.45, 2.75) is 78.2 Å². The maximum Gasteiger partial charge on any atom is 0.279 e. The average Bonchev–Trinajstić information content (AvgIpc) is 3.71. The van der Waals surface area contributed by atoms with E-state index in [1.807, 2.05) is 0 Å². The van der Waals surface area contributed by atoms with Crippen LogP contribution in [-0.4, -0.2) is 45.4 Å². The van der Waals surface area contributed by atoms with E-state index in [9.17, 15) is 0 Å². The van der Waals surface area contributed by atoms with Crippen molar-refractivity contribution in [2.24, 2.45) is 0 Å². The van der Waals surface area contributed by atoms with Crippen LogP contribution in [0.5, 0.6) is 0 Å². The lowest BCUT2D eigenvalue weighted by atomic mass is 9.90. The third kappa shape index (κ3) is 6.03. The number of hydrogen-bond acceptors (Lipinski definition) is 5. The van der Waals surface area contributed by atoms with Gasteiger partial charge in [0.05, 0.1) is 22.1 Å². The van der Waals surface area contributed by atoms with Gasteiger partial charge in [0.25, 0.3) is 11.7 Å². The first-order valence-corrected chi connectivity index (χ1v) is 21.3. The van der Waals surface area contributed by atoms with Gasteiger partial charge < -0.3 is 4.90 Å². The van der Waals surface area contributed by atoms with Gasteiger partial charge in [-0.25, -0.2) is 9.97 Å². The summed E-state index contributed by atoms with van der Waals surface area (Å²) in [6, 6.07) is 31.5. The number of anilines is 1. The molecule has 0 radical (unpaired) electrons. The molecule has 2 aliphatic heterocycles. The molecule has 0 unspecified atom stereocenters. The molecule has 0 saturated heterocycles. The highest BCUT2D eigenvalue weighted by atomic mass is 32.1. The van der Waals surface area contributed by atoms with Gasteiger partial charge in [0.1, 0.15) is 0 Å². The summed E-state index contributed by atoms with van der Waals surface area (Å²) >= 11 is 1.30. The second-order valence-electron chi connectivity index (χ2n) is 15.8.